The van der Waals surface area contributed by atoms with E-state index in [0.717, 1.165) is 36.8 Å². The first-order chi connectivity index (χ1) is 8.62. The number of anilines is 2. The van der Waals surface area contributed by atoms with Crippen molar-refractivity contribution in [3.8, 4) is 0 Å². The summed E-state index contributed by atoms with van der Waals surface area (Å²) in [7, 11) is 1.94. The number of nitrogens with zero attached hydrogens (tertiary/aromatic N) is 3. The molecule has 0 aliphatic carbocycles. The number of hydrogen-bond acceptors (Lipinski definition) is 5. The molecule has 0 amide bonds. The summed E-state index contributed by atoms with van der Waals surface area (Å²) in [5.41, 5.74) is 0. The Morgan fingerprint density at radius 3 is 2.67 bits per heavy atom. The van der Waals surface area contributed by atoms with Crippen LogP contribution in [0.3, 0.4) is 0 Å². The summed E-state index contributed by atoms with van der Waals surface area (Å²) in [5.74, 6) is 2.53. The number of aromatic nitrogens is 2. The molecule has 0 aliphatic rings. The molecule has 5 nitrogen and oxygen atoms in total. The molecule has 0 fully saturated rings. The Morgan fingerprint density at radius 2 is 2.11 bits per heavy atom. The minimum atomic E-state index is 0.0450. The van der Waals surface area contributed by atoms with E-state index in [9.17, 15) is 5.11 Å². The fraction of sp³-hybridized carbons (Fsp3) is 0.692. The van der Waals surface area contributed by atoms with E-state index < -0.39 is 0 Å². The van der Waals surface area contributed by atoms with E-state index in [0.29, 0.717) is 0 Å². The second-order valence-electron chi connectivity index (χ2n) is 4.45. The standard InChI is InChI=1S/C13H24N4O/c1-5-7-14-12-8-13(16-11(6-2)15-12)17(4)10(3)9-18/h8,10,18H,5-7,9H2,1-4H3,(H,14,15,16). The van der Waals surface area contributed by atoms with Crippen molar-refractivity contribution in [2.75, 3.05) is 30.4 Å². The molecule has 18 heavy (non-hydrogen) atoms. The maximum atomic E-state index is 9.20. The molecule has 102 valence electrons. The average molecular weight is 252 g/mol. The number of nitrogens with one attached hydrogen (secondary N) is 1. The minimum Gasteiger partial charge on any atom is -0.394 e. The van der Waals surface area contributed by atoms with E-state index in [1.165, 1.54) is 0 Å². The molecule has 2 N–H and O–H groups in total. The van der Waals surface area contributed by atoms with Crippen LogP contribution < -0.4 is 10.2 Å². The zero-order valence-corrected chi connectivity index (χ0v) is 11.8. The smallest absolute Gasteiger partial charge is 0.134 e. The van der Waals surface area contributed by atoms with Crippen molar-refractivity contribution in [2.24, 2.45) is 0 Å². The summed E-state index contributed by atoms with van der Waals surface area (Å²) in [5, 5.41) is 12.5. The second kappa shape index (κ2) is 7.16. The minimum absolute atomic E-state index is 0.0450. The summed E-state index contributed by atoms with van der Waals surface area (Å²) < 4.78 is 0. The number of rotatable bonds is 7. The van der Waals surface area contributed by atoms with E-state index in [1.807, 2.05) is 31.9 Å². The van der Waals surface area contributed by atoms with Gasteiger partial charge in [-0.3, -0.25) is 0 Å². The molecule has 1 aromatic heterocycles. The number of aliphatic hydroxyl groups is 1. The van der Waals surface area contributed by atoms with Gasteiger partial charge in [0.1, 0.15) is 17.5 Å². The van der Waals surface area contributed by atoms with E-state index in [-0.39, 0.29) is 12.6 Å². The van der Waals surface area contributed by atoms with E-state index in [4.69, 9.17) is 0 Å². The Hall–Kier alpha value is -1.36. The van der Waals surface area contributed by atoms with E-state index in [2.05, 4.69) is 22.2 Å². The highest BCUT2D eigenvalue weighted by atomic mass is 16.3. The number of aryl methyl sites for hydroxylation is 1. The highest BCUT2D eigenvalue weighted by molar-refractivity contribution is 5.49. The number of hydrogen-bond donors (Lipinski definition) is 2. The van der Waals surface area contributed by atoms with Gasteiger partial charge in [-0.15, -0.1) is 0 Å². The van der Waals surface area contributed by atoms with Gasteiger partial charge < -0.3 is 15.3 Å². The third kappa shape index (κ3) is 3.84. The van der Waals surface area contributed by atoms with Crippen molar-refractivity contribution in [3.63, 3.8) is 0 Å². The molecular formula is C13H24N4O. The van der Waals surface area contributed by atoms with E-state index >= 15 is 0 Å². The Balaban J connectivity index is 2.95. The summed E-state index contributed by atoms with van der Waals surface area (Å²) in [6.45, 7) is 7.14. The van der Waals surface area contributed by atoms with Crippen LogP contribution in [0, 0.1) is 0 Å². The zero-order chi connectivity index (χ0) is 13.5. The highest BCUT2D eigenvalue weighted by Crippen LogP contribution is 2.17. The molecule has 1 unspecified atom stereocenters. The summed E-state index contributed by atoms with van der Waals surface area (Å²) >= 11 is 0. The fourth-order valence-electron chi connectivity index (χ4n) is 1.51. The lowest BCUT2D eigenvalue weighted by Crippen LogP contribution is -2.32. The predicted molar refractivity (Wildman–Crippen MR) is 75.1 cm³/mol. The molecule has 1 heterocycles. The van der Waals surface area contributed by atoms with Crippen molar-refractivity contribution in [1.29, 1.82) is 0 Å². The molecule has 1 atom stereocenters. The van der Waals surface area contributed by atoms with Gasteiger partial charge in [-0.1, -0.05) is 13.8 Å². The quantitative estimate of drug-likeness (QED) is 0.773. The molecule has 0 saturated heterocycles. The van der Waals surface area contributed by atoms with Crippen molar-refractivity contribution < 1.29 is 5.11 Å². The molecule has 0 aliphatic heterocycles. The van der Waals surface area contributed by atoms with Gasteiger partial charge in [0.15, 0.2) is 0 Å². The molecular weight excluding hydrogens is 228 g/mol. The first kappa shape index (κ1) is 14.7. The second-order valence-corrected chi connectivity index (χ2v) is 4.45. The molecule has 0 aromatic carbocycles. The summed E-state index contributed by atoms with van der Waals surface area (Å²) in [6.07, 6.45) is 1.86. The fourth-order valence-corrected chi connectivity index (χ4v) is 1.51. The number of aliphatic hydroxyl groups excluding tert-OH is 1. The zero-order valence-electron chi connectivity index (χ0n) is 11.8. The molecule has 5 heteroatoms. The Bertz CT molecular complexity index is 370. The van der Waals surface area contributed by atoms with Gasteiger partial charge in [-0.05, 0) is 13.3 Å². The SMILES string of the molecule is CCCNc1cc(N(C)C(C)CO)nc(CC)n1. The maximum Gasteiger partial charge on any atom is 0.134 e. The third-order valence-electron chi connectivity index (χ3n) is 2.92. The van der Waals surface area contributed by atoms with Gasteiger partial charge in [-0.25, -0.2) is 9.97 Å². The first-order valence-corrected chi connectivity index (χ1v) is 6.57. The Morgan fingerprint density at radius 1 is 1.39 bits per heavy atom. The molecule has 0 radical (unpaired) electrons. The van der Waals surface area contributed by atoms with Crippen LogP contribution in [0.1, 0.15) is 33.0 Å². The molecule has 1 aromatic rings. The van der Waals surface area contributed by atoms with Crippen molar-refractivity contribution in [1.82, 2.24) is 9.97 Å². The summed E-state index contributed by atoms with van der Waals surface area (Å²) in [6, 6.07) is 1.98. The van der Waals surface area contributed by atoms with Gasteiger partial charge in [0.2, 0.25) is 0 Å². The van der Waals surface area contributed by atoms with Gasteiger partial charge in [0, 0.05) is 26.1 Å². The molecule has 0 bridgehead atoms. The van der Waals surface area contributed by atoms with Crippen molar-refractivity contribution in [3.05, 3.63) is 11.9 Å². The van der Waals surface area contributed by atoms with Crippen LogP contribution in [0.15, 0.2) is 6.07 Å². The first-order valence-electron chi connectivity index (χ1n) is 6.57. The number of likely N-dealkylation sites (N-methyl/N-ethyl adjacent to an activating group) is 1. The maximum absolute atomic E-state index is 9.20. The van der Waals surface area contributed by atoms with Crippen LogP contribution in [0.4, 0.5) is 11.6 Å². The van der Waals surface area contributed by atoms with Crippen LogP contribution in [0.25, 0.3) is 0 Å². The molecule has 0 saturated carbocycles. The Labute approximate surface area is 109 Å². The van der Waals surface area contributed by atoms with Crippen LogP contribution >= 0.6 is 0 Å². The lowest BCUT2D eigenvalue weighted by molar-refractivity contribution is 0.269. The van der Waals surface area contributed by atoms with Crippen molar-refractivity contribution >= 4 is 11.6 Å². The van der Waals surface area contributed by atoms with Crippen LogP contribution in [0.5, 0.6) is 0 Å². The van der Waals surface area contributed by atoms with Gasteiger partial charge in [0.05, 0.1) is 12.6 Å². The Kier molecular flexibility index (Phi) is 5.85. The normalized spacial score (nSPS) is 12.3. The van der Waals surface area contributed by atoms with Gasteiger partial charge in [0.25, 0.3) is 0 Å². The largest absolute Gasteiger partial charge is 0.394 e. The monoisotopic (exact) mass is 252 g/mol. The van der Waals surface area contributed by atoms with Gasteiger partial charge in [-0.2, -0.15) is 0 Å². The van der Waals surface area contributed by atoms with Crippen LogP contribution in [-0.4, -0.2) is 41.3 Å². The van der Waals surface area contributed by atoms with Crippen LogP contribution in [0.2, 0.25) is 0 Å². The lowest BCUT2D eigenvalue weighted by Gasteiger charge is -2.25. The predicted octanol–water partition coefficient (Wildman–Crippen LogP) is 1.68. The lowest BCUT2D eigenvalue weighted by atomic mass is 10.3. The highest BCUT2D eigenvalue weighted by Gasteiger charge is 2.12. The van der Waals surface area contributed by atoms with Crippen LogP contribution in [-0.2, 0) is 6.42 Å². The molecule has 1 rings (SSSR count). The molecule has 0 spiro atoms. The average Bonchev–Trinajstić information content (AvgIpc) is 2.42. The summed E-state index contributed by atoms with van der Waals surface area (Å²) in [4.78, 5) is 10.9. The van der Waals surface area contributed by atoms with E-state index in [1.54, 1.807) is 0 Å². The van der Waals surface area contributed by atoms with Crippen molar-refractivity contribution in [2.45, 2.75) is 39.7 Å². The van der Waals surface area contributed by atoms with Gasteiger partial charge >= 0.3 is 0 Å². The third-order valence-corrected chi connectivity index (χ3v) is 2.92. The topological polar surface area (TPSA) is 61.3 Å².